The third-order valence-electron chi connectivity index (χ3n) is 3.30. The summed E-state index contributed by atoms with van der Waals surface area (Å²) in [4.78, 5) is 0. The highest BCUT2D eigenvalue weighted by Gasteiger charge is 2.04. The minimum absolute atomic E-state index is 0.922. The van der Waals surface area contributed by atoms with Gasteiger partial charge >= 0.3 is 0 Å². The van der Waals surface area contributed by atoms with Crippen LogP contribution in [0.2, 0.25) is 0 Å². The van der Waals surface area contributed by atoms with Gasteiger partial charge in [0.1, 0.15) is 0 Å². The molecule has 2 aromatic rings. The first-order valence-electron chi connectivity index (χ1n) is 7.05. The molecule has 1 N–H and O–H groups in total. The van der Waals surface area contributed by atoms with Crippen LogP contribution in [0.3, 0.4) is 0 Å². The Kier molecular flexibility index (Phi) is 5.16. The van der Waals surface area contributed by atoms with Crippen molar-refractivity contribution in [3.05, 3.63) is 53.3 Å². The molecule has 0 radical (unpaired) electrons. The van der Waals surface area contributed by atoms with E-state index in [1.807, 2.05) is 11.7 Å². The molecule has 0 atom stereocenters. The van der Waals surface area contributed by atoms with Crippen LogP contribution in [0.1, 0.15) is 30.2 Å². The Morgan fingerprint density at radius 2 is 2.00 bits per heavy atom. The van der Waals surface area contributed by atoms with Crippen LogP contribution in [0.15, 0.2) is 36.5 Å². The van der Waals surface area contributed by atoms with Crippen molar-refractivity contribution in [3.8, 4) is 0 Å². The number of nitrogens with one attached hydrogen (secondary N) is 1. The molecule has 0 saturated heterocycles. The summed E-state index contributed by atoms with van der Waals surface area (Å²) < 4.78 is 1.90. The largest absolute Gasteiger partial charge is 0.313 e. The standard InChI is InChI=1S/C16H23N3/c1-3-16-15(13-19(2)18-16)12-17-11-7-10-14-8-5-4-6-9-14/h4-6,8-9,13,17H,3,7,10-12H2,1-2H3. The normalized spacial score (nSPS) is 10.8. The van der Waals surface area contributed by atoms with E-state index in [9.17, 15) is 0 Å². The Morgan fingerprint density at radius 3 is 2.74 bits per heavy atom. The molecular weight excluding hydrogens is 234 g/mol. The predicted molar refractivity (Wildman–Crippen MR) is 79.1 cm³/mol. The van der Waals surface area contributed by atoms with Crippen LogP contribution in [0.5, 0.6) is 0 Å². The molecule has 0 aliphatic carbocycles. The van der Waals surface area contributed by atoms with Crippen molar-refractivity contribution in [2.45, 2.75) is 32.7 Å². The number of aryl methyl sites for hydroxylation is 3. The van der Waals surface area contributed by atoms with Crippen LogP contribution in [0, 0.1) is 0 Å². The molecule has 0 aliphatic rings. The molecule has 0 aliphatic heterocycles. The lowest BCUT2D eigenvalue weighted by atomic mass is 10.1. The van der Waals surface area contributed by atoms with Crippen LogP contribution in [-0.4, -0.2) is 16.3 Å². The Hall–Kier alpha value is -1.61. The van der Waals surface area contributed by atoms with Gasteiger partial charge in [-0.15, -0.1) is 0 Å². The van der Waals surface area contributed by atoms with Crippen LogP contribution >= 0.6 is 0 Å². The van der Waals surface area contributed by atoms with E-state index in [1.54, 1.807) is 0 Å². The van der Waals surface area contributed by atoms with E-state index in [2.05, 4.69) is 53.9 Å². The summed E-state index contributed by atoms with van der Waals surface area (Å²) in [6.07, 6.45) is 5.43. The molecule has 0 unspecified atom stereocenters. The van der Waals surface area contributed by atoms with Crippen molar-refractivity contribution in [2.75, 3.05) is 6.54 Å². The van der Waals surface area contributed by atoms with Crippen molar-refractivity contribution in [1.82, 2.24) is 15.1 Å². The van der Waals surface area contributed by atoms with Gasteiger partial charge in [-0.3, -0.25) is 4.68 Å². The van der Waals surface area contributed by atoms with E-state index in [0.717, 1.165) is 25.9 Å². The maximum Gasteiger partial charge on any atom is 0.0666 e. The summed E-state index contributed by atoms with van der Waals surface area (Å²) >= 11 is 0. The molecular formula is C16H23N3. The second-order valence-corrected chi connectivity index (χ2v) is 4.89. The Bertz CT molecular complexity index is 488. The molecule has 102 valence electrons. The fourth-order valence-corrected chi connectivity index (χ4v) is 2.31. The van der Waals surface area contributed by atoms with Gasteiger partial charge in [-0.2, -0.15) is 5.10 Å². The lowest BCUT2D eigenvalue weighted by Gasteiger charge is -2.04. The summed E-state index contributed by atoms with van der Waals surface area (Å²) in [5.41, 5.74) is 3.95. The van der Waals surface area contributed by atoms with Crippen molar-refractivity contribution < 1.29 is 0 Å². The Morgan fingerprint density at radius 1 is 1.21 bits per heavy atom. The third kappa shape index (κ3) is 4.21. The number of aromatic nitrogens is 2. The van der Waals surface area contributed by atoms with Gasteiger partial charge in [-0.25, -0.2) is 0 Å². The molecule has 2 rings (SSSR count). The van der Waals surface area contributed by atoms with Crippen LogP contribution in [0.4, 0.5) is 0 Å². The van der Waals surface area contributed by atoms with Crippen molar-refractivity contribution in [3.63, 3.8) is 0 Å². The average molecular weight is 257 g/mol. The highest BCUT2D eigenvalue weighted by Crippen LogP contribution is 2.07. The van der Waals surface area contributed by atoms with E-state index in [0.29, 0.717) is 0 Å². The predicted octanol–water partition coefficient (Wildman–Crippen LogP) is 2.70. The summed E-state index contributed by atoms with van der Waals surface area (Å²) in [6, 6.07) is 10.7. The van der Waals surface area contributed by atoms with Gasteiger partial charge < -0.3 is 5.32 Å². The van der Waals surface area contributed by atoms with Gasteiger partial charge in [-0.1, -0.05) is 37.3 Å². The zero-order chi connectivity index (χ0) is 13.5. The lowest BCUT2D eigenvalue weighted by Crippen LogP contribution is -2.15. The van der Waals surface area contributed by atoms with Gasteiger partial charge in [0.15, 0.2) is 0 Å². The average Bonchev–Trinajstić information content (AvgIpc) is 2.80. The molecule has 0 bridgehead atoms. The number of nitrogens with zero attached hydrogens (tertiary/aromatic N) is 2. The first-order valence-corrected chi connectivity index (χ1v) is 7.05. The minimum Gasteiger partial charge on any atom is -0.313 e. The smallest absolute Gasteiger partial charge is 0.0666 e. The summed E-state index contributed by atoms with van der Waals surface area (Å²) in [6.45, 7) is 4.12. The molecule has 1 aromatic heterocycles. The number of hydrogen-bond acceptors (Lipinski definition) is 2. The van der Waals surface area contributed by atoms with Gasteiger partial charge in [0.05, 0.1) is 5.69 Å². The van der Waals surface area contributed by atoms with Gasteiger partial charge in [0.2, 0.25) is 0 Å². The van der Waals surface area contributed by atoms with E-state index < -0.39 is 0 Å². The van der Waals surface area contributed by atoms with Gasteiger partial charge in [0, 0.05) is 25.4 Å². The van der Waals surface area contributed by atoms with Crippen molar-refractivity contribution >= 4 is 0 Å². The molecule has 19 heavy (non-hydrogen) atoms. The van der Waals surface area contributed by atoms with Crippen LogP contribution in [0.25, 0.3) is 0 Å². The SMILES string of the molecule is CCc1nn(C)cc1CNCCCc1ccccc1. The van der Waals surface area contributed by atoms with E-state index in [4.69, 9.17) is 0 Å². The first kappa shape index (κ1) is 13.8. The minimum atomic E-state index is 0.922. The lowest BCUT2D eigenvalue weighted by molar-refractivity contribution is 0.646. The number of rotatable bonds is 7. The second-order valence-electron chi connectivity index (χ2n) is 4.89. The molecule has 0 saturated carbocycles. The van der Waals surface area contributed by atoms with Gasteiger partial charge in [-0.05, 0) is 31.4 Å². The molecule has 3 nitrogen and oxygen atoms in total. The maximum atomic E-state index is 4.45. The zero-order valence-electron chi connectivity index (χ0n) is 11.9. The van der Waals surface area contributed by atoms with Crippen LogP contribution < -0.4 is 5.32 Å². The summed E-state index contributed by atoms with van der Waals surface area (Å²) in [7, 11) is 1.98. The quantitative estimate of drug-likeness (QED) is 0.773. The van der Waals surface area contributed by atoms with E-state index in [1.165, 1.54) is 23.2 Å². The molecule has 0 amide bonds. The summed E-state index contributed by atoms with van der Waals surface area (Å²) in [5, 5.41) is 7.96. The summed E-state index contributed by atoms with van der Waals surface area (Å²) in [5.74, 6) is 0. The van der Waals surface area contributed by atoms with Crippen LogP contribution in [-0.2, 0) is 26.4 Å². The Balaban J connectivity index is 1.69. The second kappa shape index (κ2) is 7.10. The topological polar surface area (TPSA) is 29.9 Å². The maximum absolute atomic E-state index is 4.45. The molecule has 1 aromatic carbocycles. The monoisotopic (exact) mass is 257 g/mol. The van der Waals surface area contributed by atoms with Crippen molar-refractivity contribution in [2.24, 2.45) is 7.05 Å². The fourth-order valence-electron chi connectivity index (χ4n) is 2.31. The number of benzene rings is 1. The van der Waals surface area contributed by atoms with Gasteiger partial charge in [0.25, 0.3) is 0 Å². The first-order chi connectivity index (χ1) is 9.29. The molecule has 0 fully saturated rings. The third-order valence-corrected chi connectivity index (χ3v) is 3.30. The molecule has 1 heterocycles. The zero-order valence-corrected chi connectivity index (χ0v) is 11.9. The highest BCUT2D eigenvalue weighted by atomic mass is 15.3. The molecule has 0 spiro atoms. The van der Waals surface area contributed by atoms with Crippen molar-refractivity contribution in [1.29, 1.82) is 0 Å². The Labute approximate surface area is 115 Å². The fraction of sp³-hybridized carbons (Fsp3) is 0.438. The van der Waals surface area contributed by atoms with E-state index >= 15 is 0 Å². The molecule has 3 heteroatoms. The number of hydrogen-bond donors (Lipinski definition) is 1. The highest BCUT2D eigenvalue weighted by molar-refractivity contribution is 5.17. The van der Waals surface area contributed by atoms with E-state index in [-0.39, 0.29) is 0 Å².